The van der Waals surface area contributed by atoms with Crippen molar-refractivity contribution >= 4 is 11.7 Å². The number of ether oxygens (including phenoxy) is 1. The van der Waals surface area contributed by atoms with Crippen LogP contribution in [0.5, 0.6) is 5.75 Å². The Kier molecular flexibility index (Phi) is 4.34. The topological polar surface area (TPSA) is 99.9 Å². The lowest BCUT2D eigenvalue weighted by atomic mass is 10.0. The molecule has 23 heavy (non-hydrogen) atoms. The Labute approximate surface area is 133 Å². The third kappa shape index (κ3) is 3.55. The van der Waals surface area contributed by atoms with Gasteiger partial charge in [-0.2, -0.15) is 5.26 Å². The number of anilines is 1. The average molecular weight is 309 g/mol. The largest absolute Gasteiger partial charge is 0.493 e. The van der Waals surface area contributed by atoms with Gasteiger partial charge in [-0.3, -0.25) is 9.78 Å². The van der Waals surface area contributed by atoms with E-state index < -0.39 is 0 Å². The molecular weight excluding hydrogens is 294 g/mol. The van der Waals surface area contributed by atoms with Crippen molar-refractivity contribution in [2.45, 2.75) is 12.5 Å². The van der Waals surface area contributed by atoms with Crippen LogP contribution in [0.2, 0.25) is 0 Å². The number of nitrogens with one attached hydrogen (secondary N) is 2. The molecule has 0 radical (unpaired) electrons. The second-order valence-corrected chi connectivity index (χ2v) is 5.05. The third-order valence-corrected chi connectivity index (χ3v) is 3.47. The number of para-hydroxylation sites is 1. The van der Waals surface area contributed by atoms with Gasteiger partial charge < -0.3 is 15.4 Å². The lowest BCUT2D eigenvalue weighted by Crippen LogP contribution is -2.35. The molecule has 116 valence electrons. The highest BCUT2D eigenvalue weighted by Gasteiger charge is 2.22. The molecule has 0 spiro atoms. The second kappa shape index (κ2) is 6.75. The molecule has 2 aromatic rings. The number of amides is 1. The molecular formula is C16H15N5O2. The van der Waals surface area contributed by atoms with E-state index in [9.17, 15) is 4.79 Å². The molecule has 0 saturated heterocycles. The molecule has 1 aromatic heterocycles. The molecule has 1 aromatic carbocycles. The van der Waals surface area contributed by atoms with Crippen LogP contribution >= 0.6 is 0 Å². The van der Waals surface area contributed by atoms with E-state index in [-0.39, 0.29) is 24.2 Å². The SMILES string of the molecule is N#Cc1cncc(NCC(=O)N[C@@H]2CCOc3ccccc32)n1. The minimum atomic E-state index is -0.157. The zero-order valence-corrected chi connectivity index (χ0v) is 12.3. The summed E-state index contributed by atoms with van der Waals surface area (Å²) in [7, 11) is 0. The quantitative estimate of drug-likeness (QED) is 0.885. The van der Waals surface area contributed by atoms with E-state index in [2.05, 4.69) is 20.6 Å². The van der Waals surface area contributed by atoms with Crippen LogP contribution in [-0.4, -0.2) is 29.0 Å². The maximum absolute atomic E-state index is 12.1. The van der Waals surface area contributed by atoms with Gasteiger partial charge in [-0.05, 0) is 6.07 Å². The number of nitriles is 1. The van der Waals surface area contributed by atoms with E-state index in [1.807, 2.05) is 30.3 Å². The minimum absolute atomic E-state index is 0.0586. The summed E-state index contributed by atoms with van der Waals surface area (Å²) in [5, 5.41) is 14.6. The van der Waals surface area contributed by atoms with Crippen LogP contribution in [0.15, 0.2) is 36.7 Å². The van der Waals surface area contributed by atoms with Gasteiger partial charge in [0.15, 0.2) is 5.69 Å². The smallest absolute Gasteiger partial charge is 0.239 e. The number of rotatable bonds is 4. The highest BCUT2D eigenvalue weighted by atomic mass is 16.5. The molecule has 7 nitrogen and oxygen atoms in total. The maximum atomic E-state index is 12.1. The number of benzene rings is 1. The van der Waals surface area contributed by atoms with E-state index in [1.54, 1.807) is 0 Å². The first kappa shape index (κ1) is 14.8. The van der Waals surface area contributed by atoms with Crippen molar-refractivity contribution in [3.63, 3.8) is 0 Å². The molecule has 0 aliphatic carbocycles. The van der Waals surface area contributed by atoms with Crippen LogP contribution in [0.25, 0.3) is 0 Å². The maximum Gasteiger partial charge on any atom is 0.239 e. The lowest BCUT2D eigenvalue weighted by molar-refractivity contribution is -0.120. The number of carbonyl (C=O) groups excluding carboxylic acids is 1. The zero-order valence-electron chi connectivity index (χ0n) is 12.3. The molecule has 0 saturated carbocycles. The van der Waals surface area contributed by atoms with E-state index in [1.165, 1.54) is 12.4 Å². The zero-order chi connectivity index (χ0) is 16.1. The minimum Gasteiger partial charge on any atom is -0.493 e. The first-order valence-electron chi connectivity index (χ1n) is 7.23. The highest BCUT2D eigenvalue weighted by molar-refractivity contribution is 5.81. The number of nitrogens with zero attached hydrogens (tertiary/aromatic N) is 3. The number of carbonyl (C=O) groups is 1. The fourth-order valence-electron chi connectivity index (χ4n) is 2.41. The number of hydrogen-bond donors (Lipinski definition) is 2. The van der Waals surface area contributed by atoms with Crippen molar-refractivity contribution in [2.24, 2.45) is 0 Å². The van der Waals surface area contributed by atoms with Crippen molar-refractivity contribution in [1.82, 2.24) is 15.3 Å². The standard InChI is InChI=1S/C16H15N5O2/c17-7-11-8-18-9-15(20-11)19-10-16(22)21-13-5-6-23-14-4-2-1-3-12(13)14/h1-4,8-9,13H,5-6,10H2,(H,19,20)(H,21,22)/t13-/m1/s1. The Morgan fingerprint density at radius 1 is 1.39 bits per heavy atom. The molecule has 0 bridgehead atoms. The molecule has 0 unspecified atom stereocenters. The van der Waals surface area contributed by atoms with Gasteiger partial charge in [-0.1, -0.05) is 18.2 Å². The third-order valence-electron chi connectivity index (χ3n) is 3.47. The van der Waals surface area contributed by atoms with Crippen molar-refractivity contribution in [2.75, 3.05) is 18.5 Å². The summed E-state index contributed by atoms with van der Waals surface area (Å²) in [4.78, 5) is 20.0. The monoisotopic (exact) mass is 309 g/mol. The fraction of sp³-hybridized carbons (Fsp3) is 0.250. The highest BCUT2D eigenvalue weighted by Crippen LogP contribution is 2.31. The summed E-state index contributed by atoms with van der Waals surface area (Å²) in [6, 6.07) is 9.52. The fourth-order valence-corrected chi connectivity index (χ4v) is 2.41. The van der Waals surface area contributed by atoms with E-state index >= 15 is 0 Å². The Bertz CT molecular complexity index is 756. The van der Waals surface area contributed by atoms with E-state index in [0.717, 1.165) is 17.7 Å². The van der Waals surface area contributed by atoms with Gasteiger partial charge in [0.25, 0.3) is 0 Å². The first-order valence-corrected chi connectivity index (χ1v) is 7.23. The van der Waals surface area contributed by atoms with Crippen molar-refractivity contribution < 1.29 is 9.53 Å². The van der Waals surface area contributed by atoms with Crippen molar-refractivity contribution in [3.8, 4) is 11.8 Å². The van der Waals surface area contributed by atoms with E-state index in [0.29, 0.717) is 12.4 Å². The summed E-state index contributed by atoms with van der Waals surface area (Å²) in [5.41, 5.74) is 1.19. The molecule has 1 aliphatic rings. The second-order valence-electron chi connectivity index (χ2n) is 5.05. The van der Waals surface area contributed by atoms with Crippen LogP contribution in [0.4, 0.5) is 5.82 Å². The van der Waals surface area contributed by atoms with E-state index in [4.69, 9.17) is 10.00 Å². The number of hydrogen-bond acceptors (Lipinski definition) is 6. The molecule has 3 rings (SSSR count). The van der Waals surface area contributed by atoms with Crippen molar-refractivity contribution in [3.05, 3.63) is 47.9 Å². The molecule has 7 heteroatoms. The van der Waals surface area contributed by atoms with Gasteiger partial charge in [-0.25, -0.2) is 4.98 Å². The molecule has 0 fully saturated rings. The Morgan fingerprint density at radius 3 is 3.13 bits per heavy atom. The summed E-state index contributed by atoms with van der Waals surface area (Å²) in [6.45, 7) is 0.633. The van der Waals surface area contributed by atoms with Gasteiger partial charge in [0.2, 0.25) is 5.91 Å². The summed E-state index contributed by atoms with van der Waals surface area (Å²) in [5.74, 6) is 1.05. The van der Waals surface area contributed by atoms with Gasteiger partial charge >= 0.3 is 0 Å². The normalized spacial score (nSPS) is 15.7. The molecule has 1 aliphatic heterocycles. The van der Waals surface area contributed by atoms with Crippen molar-refractivity contribution in [1.29, 1.82) is 5.26 Å². The summed E-state index contributed by atoms with van der Waals surface area (Å²) >= 11 is 0. The molecule has 2 heterocycles. The number of aromatic nitrogens is 2. The number of fused-ring (bicyclic) bond motifs is 1. The van der Waals surface area contributed by atoms with Crippen LogP contribution < -0.4 is 15.4 Å². The van der Waals surface area contributed by atoms with Crippen LogP contribution in [0.1, 0.15) is 23.7 Å². The molecule has 1 amide bonds. The predicted molar refractivity (Wildman–Crippen MR) is 82.7 cm³/mol. The van der Waals surface area contributed by atoms with Gasteiger partial charge in [0, 0.05) is 12.0 Å². The first-order chi connectivity index (χ1) is 11.3. The van der Waals surface area contributed by atoms with Crippen LogP contribution in [-0.2, 0) is 4.79 Å². The molecule has 2 N–H and O–H groups in total. The molecule has 1 atom stereocenters. The predicted octanol–water partition coefficient (Wildman–Crippen LogP) is 1.40. The Morgan fingerprint density at radius 2 is 2.26 bits per heavy atom. The Balaban J connectivity index is 1.59. The average Bonchev–Trinajstić information content (AvgIpc) is 2.60. The van der Waals surface area contributed by atoms with Crippen LogP contribution in [0.3, 0.4) is 0 Å². The summed E-state index contributed by atoms with van der Waals surface area (Å²) in [6.07, 6.45) is 3.56. The van der Waals surface area contributed by atoms with Gasteiger partial charge in [-0.15, -0.1) is 0 Å². The van der Waals surface area contributed by atoms with Gasteiger partial charge in [0.05, 0.1) is 31.6 Å². The lowest BCUT2D eigenvalue weighted by Gasteiger charge is -2.26. The Hall–Kier alpha value is -3.14. The summed E-state index contributed by atoms with van der Waals surface area (Å²) < 4.78 is 5.57. The van der Waals surface area contributed by atoms with Gasteiger partial charge in [0.1, 0.15) is 17.6 Å². The van der Waals surface area contributed by atoms with Crippen LogP contribution in [0, 0.1) is 11.3 Å².